The van der Waals surface area contributed by atoms with E-state index in [0.29, 0.717) is 30.8 Å². The number of amides is 1. The van der Waals surface area contributed by atoms with E-state index in [1.165, 1.54) is 20.4 Å². The maximum atomic E-state index is 12.9. The van der Waals surface area contributed by atoms with E-state index in [4.69, 9.17) is 0 Å². The molecule has 0 aromatic heterocycles. The van der Waals surface area contributed by atoms with Gasteiger partial charge in [-0.1, -0.05) is 0 Å². The minimum absolute atomic E-state index is 0.0507. The first kappa shape index (κ1) is 16.5. The van der Waals surface area contributed by atoms with Crippen LogP contribution in [-0.2, 0) is 15.0 Å². The van der Waals surface area contributed by atoms with Crippen molar-refractivity contribution in [2.45, 2.75) is 24.9 Å². The van der Waals surface area contributed by atoms with Crippen LogP contribution in [0.2, 0.25) is 0 Å². The third-order valence-corrected chi connectivity index (χ3v) is 7.82. The van der Waals surface area contributed by atoms with Crippen LogP contribution in [0.3, 0.4) is 0 Å². The van der Waals surface area contributed by atoms with Crippen LogP contribution >= 0.6 is 11.8 Å². The van der Waals surface area contributed by atoms with Gasteiger partial charge in [-0.25, -0.2) is 0 Å². The van der Waals surface area contributed by atoms with E-state index in [1.54, 1.807) is 11.9 Å². The van der Waals surface area contributed by atoms with Crippen molar-refractivity contribution in [1.82, 2.24) is 18.4 Å². The van der Waals surface area contributed by atoms with Gasteiger partial charge in [0.2, 0.25) is 5.91 Å². The molecule has 1 aliphatic carbocycles. The lowest BCUT2D eigenvalue weighted by molar-refractivity contribution is -0.133. The van der Waals surface area contributed by atoms with Crippen LogP contribution < -0.4 is 0 Å². The van der Waals surface area contributed by atoms with Gasteiger partial charge in [0.1, 0.15) is 6.04 Å². The quantitative estimate of drug-likeness (QED) is 0.684. The van der Waals surface area contributed by atoms with E-state index in [-0.39, 0.29) is 5.91 Å². The molecule has 0 aromatic rings. The first-order valence-electron chi connectivity index (χ1n) is 7.71. The van der Waals surface area contributed by atoms with E-state index in [2.05, 4.69) is 4.90 Å². The molecular weight excluding hydrogens is 324 g/mol. The zero-order valence-electron chi connectivity index (χ0n) is 13.1. The number of carbonyl (C=O) groups excluding carboxylic acids is 1. The maximum Gasteiger partial charge on any atom is 0.283 e. The van der Waals surface area contributed by atoms with Crippen molar-refractivity contribution in [1.29, 1.82) is 0 Å². The second-order valence-electron chi connectivity index (χ2n) is 6.29. The van der Waals surface area contributed by atoms with E-state index >= 15 is 0 Å². The minimum atomic E-state index is -3.55. The molecule has 0 radical (unpaired) electrons. The molecule has 0 aromatic carbocycles. The molecule has 7 nitrogen and oxygen atoms in total. The van der Waals surface area contributed by atoms with E-state index in [1.807, 2.05) is 7.05 Å². The lowest BCUT2D eigenvalue weighted by Crippen LogP contribution is -2.56. The molecule has 1 amide bonds. The summed E-state index contributed by atoms with van der Waals surface area (Å²) in [5, 5.41) is 0. The molecule has 1 atom stereocenters. The second kappa shape index (κ2) is 6.27. The maximum absolute atomic E-state index is 12.9. The number of rotatable bonds is 4. The summed E-state index contributed by atoms with van der Waals surface area (Å²) < 4.78 is 28.7. The van der Waals surface area contributed by atoms with Gasteiger partial charge >= 0.3 is 0 Å². The largest absolute Gasteiger partial charge is 0.341 e. The van der Waals surface area contributed by atoms with Crippen LogP contribution in [0.4, 0.5) is 0 Å². The van der Waals surface area contributed by atoms with Gasteiger partial charge in [-0.2, -0.15) is 17.0 Å². The molecule has 0 bridgehead atoms. The molecule has 0 spiro atoms. The Kier molecular flexibility index (Phi) is 4.71. The first-order chi connectivity index (χ1) is 10.4. The molecule has 3 aliphatic rings. The third-order valence-electron chi connectivity index (χ3n) is 4.65. The molecular formula is C13H24N4O3S2. The lowest BCUT2D eigenvalue weighted by Gasteiger charge is -2.35. The van der Waals surface area contributed by atoms with Crippen molar-refractivity contribution in [2.24, 2.45) is 0 Å². The van der Waals surface area contributed by atoms with Gasteiger partial charge in [-0.05, 0) is 19.9 Å². The summed E-state index contributed by atoms with van der Waals surface area (Å²) in [6.07, 6.45) is 2.07. The Morgan fingerprint density at radius 1 is 1.18 bits per heavy atom. The Labute approximate surface area is 136 Å². The fourth-order valence-corrected chi connectivity index (χ4v) is 6.16. The molecule has 22 heavy (non-hydrogen) atoms. The van der Waals surface area contributed by atoms with Crippen LogP contribution in [0, 0.1) is 0 Å². The highest BCUT2D eigenvalue weighted by molar-refractivity contribution is 8.00. The van der Waals surface area contributed by atoms with Gasteiger partial charge in [0.05, 0.1) is 5.88 Å². The minimum Gasteiger partial charge on any atom is -0.341 e. The van der Waals surface area contributed by atoms with Crippen LogP contribution in [0.25, 0.3) is 0 Å². The highest BCUT2D eigenvalue weighted by Gasteiger charge is 2.45. The fraction of sp³-hybridized carbons (Fsp3) is 0.923. The highest BCUT2D eigenvalue weighted by atomic mass is 32.2. The number of thioether (sulfide) groups is 1. The average molecular weight is 348 g/mol. The smallest absolute Gasteiger partial charge is 0.283 e. The summed E-state index contributed by atoms with van der Waals surface area (Å²) in [4.78, 5) is 16.5. The number of hydrogen-bond acceptors (Lipinski definition) is 5. The predicted molar refractivity (Wildman–Crippen MR) is 86.7 cm³/mol. The molecule has 0 N–H and O–H groups in total. The molecule has 3 rings (SSSR count). The van der Waals surface area contributed by atoms with Crippen LogP contribution in [0.15, 0.2) is 0 Å². The van der Waals surface area contributed by atoms with E-state index in [9.17, 15) is 13.2 Å². The van der Waals surface area contributed by atoms with E-state index < -0.39 is 16.3 Å². The van der Waals surface area contributed by atoms with Crippen molar-refractivity contribution in [3.63, 3.8) is 0 Å². The van der Waals surface area contributed by atoms with Gasteiger partial charge in [-0.15, -0.1) is 11.8 Å². The van der Waals surface area contributed by atoms with Crippen LogP contribution in [0.1, 0.15) is 12.8 Å². The normalized spacial score (nSPS) is 28.9. The standard InChI is InChI=1S/C13H24N4O3S2/c1-14-5-7-16(8-6-14)22(19,20)17-10-21-9-12(17)13(18)15(2)11-3-4-11/h11-12H,3-10H2,1-2H3. The lowest BCUT2D eigenvalue weighted by atomic mass is 10.3. The molecule has 2 saturated heterocycles. The molecule has 9 heteroatoms. The SMILES string of the molecule is CN1CCN(S(=O)(=O)N2CSCC2C(=O)N(C)C2CC2)CC1. The van der Waals surface area contributed by atoms with Gasteiger partial charge in [0.25, 0.3) is 10.2 Å². The summed E-state index contributed by atoms with van der Waals surface area (Å²) in [6.45, 7) is 2.47. The number of nitrogens with zero attached hydrogens (tertiary/aromatic N) is 4. The molecule has 126 valence electrons. The Hall–Kier alpha value is -0.350. The van der Waals surface area contributed by atoms with Gasteiger partial charge in [0.15, 0.2) is 0 Å². The van der Waals surface area contributed by atoms with Gasteiger partial charge in [0, 0.05) is 45.0 Å². The summed E-state index contributed by atoms with van der Waals surface area (Å²) in [7, 11) is 0.241. The van der Waals surface area contributed by atoms with Crippen LogP contribution in [0.5, 0.6) is 0 Å². The number of carbonyl (C=O) groups is 1. The average Bonchev–Trinajstić information content (AvgIpc) is 3.22. The topological polar surface area (TPSA) is 64.2 Å². The van der Waals surface area contributed by atoms with Crippen molar-refractivity contribution >= 4 is 27.9 Å². The Balaban J connectivity index is 1.72. The Morgan fingerprint density at radius 2 is 1.82 bits per heavy atom. The summed E-state index contributed by atoms with van der Waals surface area (Å²) in [6, 6.07) is -0.230. The molecule has 1 saturated carbocycles. The summed E-state index contributed by atoms with van der Waals surface area (Å²) in [5.74, 6) is 0.886. The van der Waals surface area contributed by atoms with Crippen LogP contribution in [-0.4, -0.2) is 96.7 Å². The van der Waals surface area contributed by atoms with Crippen molar-refractivity contribution < 1.29 is 13.2 Å². The zero-order valence-corrected chi connectivity index (χ0v) is 14.8. The predicted octanol–water partition coefficient (Wildman–Crippen LogP) is -0.526. The van der Waals surface area contributed by atoms with E-state index in [0.717, 1.165) is 25.9 Å². The molecule has 1 unspecified atom stereocenters. The highest BCUT2D eigenvalue weighted by Crippen LogP contribution is 2.31. The molecule has 3 fully saturated rings. The molecule has 2 heterocycles. The summed E-state index contributed by atoms with van der Waals surface area (Å²) >= 11 is 1.52. The second-order valence-corrected chi connectivity index (χ2v) is 9.17. The fourth-order valence-electron chi connectivity index (χ4n) is 2.89. The first-order valence-corrected chi connectivity index (χ1v) is 10.3. The van der Waals surface area contributed by atoms with Gasteiger partial charge < -0.3 is 9.80 Å². The van der Waals surface area contributed by atoms with Crippen molar-refractivity contribution in [2.75, 3.05) is 51.9 Å². The Bertz CT molecular complexity index is 529. The third kappa shape index (κ3) is 3.14. The summed E-state index contributed by atoms with van der Waals surface area (Å²) in [5.41, 5.74) is 0. The molecule has 2 aliphatic heterocycles. The Morgan fingerprint density at radius 3 is 2.41 bits per heavy atom. The van der Waals surface area contributed by atoms with Crippen molar-refractivity contribution in [3.8, 4) is 0 Å². The number of piperazine rings is 1. The zero-order chi connectivity index (χ0) is 15.9. The number of likely N-dealkylation sites (N-methyl/N-ethyl adjacent to an activating group) is 2. The van der Waals surface area contributed by atoms with Gasteiger partial charge in [-0.3, -0.25) is 4.79 Å². The number of hydrogen-bond donors (Lipinski definition) is 0. The monoisotopic (exact) mass is 348 g/mol. The van der Waals surface area contributed by atoms with Crippen molar-refractivity contribution in [3.05, 3.63) is 0 Å².